The van der Waals surface area contributed by atoms with Crippen molar-refractivity contribution in [3.8, 4) is 5.88 Å². The lowest BCUT2D eigenvalue weighted by atomic mass is 10.1. The average molecular weight is 252 g/mol. The van der Waals surface area contributed by atoms with E-state index in [1.807, 2.05) is 30.9 Å². The van der Waals surface area contributed by atoms with Crippen LogP contribution < -0.4 is 15.4 Å². The maximum atomic E-state index is 8.65. The molecule has 0 fully saturated rings. The normalized spacial score (nSPS) is 13.2. The van der Waals surface area contributed by atoms with Crippen LogP contribution in [0.25, 0.3) is 0 Å². The number of nitrogens with two attached hydrogens (primary N) is 1. The number of hydrogen-bond donors (Lipinski definition) is 2. The molecule has 1 unspecified atom stereocenters. The molecule has 0 spiro atoms. The van der Waals surface area contributed by atoms with Crippen molar-refractivity contribution >= 4 is 11.7 Å². The second-order valence-electron chi connectivity index (χ2n) is 4.00. The summed E-state index contributed by atoms with van der Waals surface area (Å²) in [5.74, 6) is 1.55. The number of nitrogens with zero attached hydrogens (tertiary/aromatic N) is 3. The molecular weight excluding hydrogens is 232 g/mol. The van der Waals surface area contributed by atoms with Gasteiger partial charge in [-0.1, -0.05) is 18.1 Å². The van der Waals surface area contributed by atoms with Gasteiger partial charge < -0.3 is 20.6 Å². The van der Waals surface area contributed by atoms with Crippen LogP contribution in [0, 0.1) is 5.92 Å². The van der Waals surface area contributed by atoms with Gasteiger partial charge in [-0.3, -0.25) is 0 Å². The monoisotopic (exact) mass is 252 g/mol. The molecule has 0 aliphatic carbocycles. The fraction of sp³-hybridized carbons (Fsp3) is 0.500. The largest absolute Gasteiger partial charge is 0.481 e. The first-order chi connectivity index (χ1) is 8.62. The Morgan fingerprint density at radius 2 is 2.33 bits per heavy atom. The second-order valence-corrected chi connectivity index (χ2v) is 4.00. The Kier molecular flexibility index (Phi) is 5.23. The fourth-order valence-corrected chi connectivity index (χ4v) is 1.60. The highest BCUT2D eigenvalue weighted by molar-refractivity contribution is 5.82. The van der Waals surface area contributed by atoms with Gasteiger partial charge in [0.25, 0.3) is 0 Å². The SMILES string of the molecule is CCN(CC(C)C(N)=NO)c1cccc(OC)n1. The van der Waals surface area contributed by atoms with Gasteiger partial charge in [0, 0.05) is 25.1 Å². The summed E-state index contributed by atoms with van der Waals surface area (Å²) >= 11 is 0. The zero-order valence-electron chi connectivity index (χ0n) is 11.0. The first-order valence-electron chi connectivity index (χ1n) is 5.85. The average Bonchev–Trinajstić information content (AvgIpc) is 2.43. The van der Waals surface area contributed by atoms with Gasteiger partial charge in [0.05, 0.1) is 7.11 Å². The topological polar surface area (TPSA) is 84.0 Å². The van der Waals surface area contributed by atoms with E-state index in [0.717, 1.165) is 12.4 Å². The molecular formula is C12H20N4O2. The minimum absolute atomic E-state index is 0.0528. The van der Waals surface area contributed by atoms with Crippen molar-refractivity contribution in [2.24, 2.45) is 16.8 Å². The van der Waals surface area contributed by atoms with Crippen LogP contribution in [0.15, 0.2) is 23.4 Å². The highest BCUT2D eigenvalue weighted by Gasteiger charge is 2.14. The van der Waals surface area contributed by atoms with Crippen LogP contribution in [0.2, 0.25) is 0 Å². The van der Waals surface area contributed by atoms with Crippen LogP contribution in [-0.2, 0) is 0 Å². The molecule has 0 aliphatic heterocycles. The minimum Gasteiger partial charge on any atom is -0.481 e. The van der Waals surface area contributed by atoms with Crippen LogP contribution in [0.5, 0.6) is 5.88 Å². The lowest BCUT2D eigenvalue weighted by molar-refractivity contribution is 0.314. The third-order valence-corrected chi connectivity index (χ3v) is 2.74. The summed E-state index contributed by atoms with van der Waals surface area (Å²) < 4.78 is 5.10. The third-order valence-electron chi connectivity index (χ3n) is 2.74. The summed E-state index contributed by atoms with van der Waals surface area (Å²) in [6, 6.07) is 5.59. The number of amidine groups is 1. The molecule has 0 aromatic carbocycles. The molecule has 1 atom stereocenters. The van der Waals surface area contributed by atoms with E-state index in [4.69, 9.17) is 15.7 Å². The number of rotatable bonds is 6. The highest BCUT2D eigenvalue weighted by Crippen LogP contribution is 2.16. The van der Waals surface area contributed by atoms with Crippen molar-refractivity contribution in [3.63, 3.8) is 0 Å². The number of aromatic nitrogens is 1. The van der Waals surface area contributed by atoms with Gasteiger partial charge in [0.2, 0.25) is 5.88 Å². The fourth-order valence-electron chi connectivity index (χ4n) is 1.60. The van der Waals surface area contributed by atoms with Crippen molar-refractivity contribution in [3.05, 3.63) is 18.2 Å². The number of hydrogen-bond acceptors (Lipinski definition) is 5. The lowest BCUT2D eigenvalue weighted by Crippen LogP contribution is -2.35. The van der Waals surface area contributed by atoms with Crippen LogP contribution in [0.1, 0.15) is 13.8 Å². The predicted octanol–water partition coefficient (Wildman–Crippen LogP) is 1.30. The van der Waals surface area contributed by atoms with E-state index in [1.54, 1.807) is 13.2 Å². The number of oxime groups is 1. The lowest BCUT2D eigenvalue weighted by Gasteiger charge is -2.25. The van der Waals surface area contributed by atoms with E-state index in [2.05, 4.69) is 10.1 Å². The van der Waals surface area contributed by atoms with Gasteiger partial charge >= 0.3 is 0 Å². The van der Waals surface area contributed by atoms with E-state index in [-0.39, 0.29) is 11.8 Å². The van der Waals surface area contributed by atoms with Crippen molar-refractivity contribution < 1.29 is 9.94 Å². The van der Waals surface area contributed by atoms with Gasteiger partial charge in [0.1, 0.15) is 11.7 Å². The van der Waals surface area contributed by atoms with Gasteiger partial charge in [-0.15, -0.1) is 0 Å². The molecule has 0 saturated carbocycles. The maximum Gasteiger partial charge on any atom is 0.214 e. The summed E-state index contributed by atoms with van der Waals surface area (Å²) in [5.41, 5.74) is 5.58. The highest BCUT2D eigenvalue weighted by atomic mass is 16.5. The molecule has 100 valence electrons. The Labute approximate surface area is 107 Å². The van der Waals surface area contributed by atoms with Crippen LogP contribution in [-0.4, -0.2) is 36.2 Å². The molecule has 0 amide bonds. The van der Waals surface area contributed by atoms with Crippen LogP contribution in [0.4, 0.5) is 5.82 Å². The van der Waals surface area contributed by atoms with Gasteiger partial charge in [-0.2, -0.15) is 4.98 Å². The number of anilines is 1. The van der Waals surface area contributed by atoms with Gasteiger partial charge in [-0.25, -0.2) is 0 Å². The minimum atomic E-state index is -0.0528. The first kappa shape index (κ1) is 14.1. The standard InChI is InChI=1S/C12H20N4O2/c1-4-16(8-9(2)12(13)15-17)10-6-5-7-11(14-10)18-3/h5-7,9,17H,4,8H2,1-3H3,(H2,13,15). The van der Waals surface area contributed by atoms with Crippen LogP contribution >= 0.6 is 0 Å². The molecule has 0 saturated heterocycles. The second kappa shape index (κ2) is 6.68. The summed E-state index contributed by atoms with van der Waals surface area (Å²) in [7, 11) is 1.58. The maximum absolute atomic E-state index is 8.65. The van der Waals surface area contributed by atoms with E-state index < -0.39 is 0 Å². The van der Waals surface area contributed by atoms with Gasteiger partial charge in [-0.05, 0) is 13.0 Å². The van der Waals surface area contributed by atoms with Crippen LogP contribution in [0.3, 0.4) is 0 Å². The first-order valence-corrected chi connectivity index (χ1v) is 5.85. The molecule has 1 rings (SSSR count). The molecule has 0 bridgehead atoms. The molecule has 1 heterocycles. The Bertz CT molecular complexity index is 409. The molecule has 1 aromatic heterocycles. The Hall–Kier alpha value is -1.98. The van der Waals surface area contributed by atoms with Crippen molar-refractivity contribution in [1.82, 2.24) is 4.98 Å². The summed E-state index contributed by atoms with van der Waals surface area (Å²) in [4.78, 5) is 6.41. The Balaban J connectivity index is 2.82. The van der Waals surface area contributed by atoms with Crippen molar-refractivity contribution in [1.29, 1.82) is 0 Å². The van der Waals surface area contributed by atoms with Gasteiger partial charge in [0.15, 0.2) is 0 Å². The summed E-state index contributed by atoms with van der Waals surface area (Å²) in [5, 5.41) is 11.7. The molecule has 1 aromatic rings. The smallest absolute Gasteiger partial charge is 0.214 e. The van der Waals surface area contributed by atoms with E-state index in [1.165, 1.54) is 0 Å². The zero-order chi connectivity index (χ0) is 13.5. The van der Waals surface area contributed by atoms with Crippen molar-refractivity contribution in [2.75, 3.05) is 25.1 Å². The molecule has 0 aliphatic rings. The molecule has 6 nitrogen and oxygen atoms in total. The van der Waals surface area contributed by atoms with Crippen molar-refractivity contribution in [2.45, 2.75) is 13.8 Å². The zero-order valence-corrected chi connectivity index (χ0v) is 11.0. The molecule has 0 radical (unpaired) electrons. The Morgan fingerprint density at radius 3 is 2.89 bits per heavy atom. The van der Waals surface area contributed by atoms with E-state index >= 15 is 0 Å². The summed E-state index contributed by atoms with van der Waals surface area (Å²) in [6.07, 6.45) is 0. The molecule has 3 N–H and O–H groups in total. The molecule has 6 heteroatoms. The predicted molar refractivity (Wildman–Crippen MR) is 71.2 cm³/mol. The summed E-state index contributed by atoms with van der Waals surface area (Å²) in [6.45, 7) is 5.34. The quantitative estimate of drug-likeness (QED) is 0.345. The third kappa shape index (κ3) is 3.51. The van der Waals surface area contributed by atoms with E-state index in [9.17, 15) is 0 Å². The number of pyridine rings is 1. The Morgan fingerprint density at radius 1 is 1.61 bits per heavy atom. The van der Waals surface area contributed by atoms with E-state index in [0.29, 0.717) is 12.4 Å². The number of methoxy groups -OCH3 is 1. The number of ether oxygens (including phenoxy) is 1. The molecule has 18 heavy (non-hydrogen) atoms.